The Morgan fingerprint density at radius 1 is 1.28 bits per heavy atom. The van der Waals surface area contributed by atoms with E-state index in [1.807, 2.05) is 0 Å². The first-order valence-corrected chi connectivity index (χ1v) is 8.49. The first kappa shape index (κ1) is 18.5. The predicted octanol–water partition coefficient (Wildman–Crippen LogP) is 2.61. The van der Waals surface area contributed by atoms with Crippen LogP contribution in [0.5, 0.6) is 5.75 Å². The summed E-state index contributed by atoms with van der Waals surface area (Å²) in [6, 6.07) is 4.53. The number of phenolic OH excluding ortho intramolecular Hbond substituents is 1. The van der Waals surface area contributed by atoms with Crippen LogP contribution >= 0.6 is 11.8 Å². The van der Waals surface area contributed by atoms with Crippen molar-refractivity contribution in [2.45, 2.75) is 12.1 Å². The van der Waals surface area contributed by atoms with Gasteiger partial charge < -0.3 is 19.9 Å². The van der Waals surface area contributed by atoms with E-state index in [0.29, 0.717) is 5.16 Å². The number of methoxy groups -OCH3 is 1. The number of anilines is 2. The maximum Gasteiger partial charge on any atom is 0.343 e. The second-order valence-electron chi connectivity index (χ2n) is 4.66. The molecule has 0 atom stereocenters. The van der Waals surface area contributed by atoms with Gasteiger partial charge in [0.05, 0.1) is 19.4 Å². The van der Waals surface area contributed by atoms with Gasteiger partial charge in [0.2, 0.25) is 0 Å². The molecule has 2 rings (SSSR count). The van der Waals surface area contributed by atoms with Gasteiger partial charge in [-0.15, -0.1) is 0 Å². The molecule has 8 nitrogen and oxygen atoms in total. The minimum atomic E-state index is -0.681. The number of para-hydroxylation sites is 1. The third-order valence-electron chi connectivity index (χ3n) is 3.14. The molecular weight excluding hydrogens is 346 g/mol. The van der Waals surface area contributed by atoms with Gasteiger partial charge >= 0.3 is 11.9 Å². The Morgan fingerprint density at radius 3 is 2.68 bits per heavy atom. The molecule has 0 amide bonds. The molecule has 25 heavy (non-hydrogen) atoms. The topological polar surface area (TPSA) is 111 Å². The van der Waals surface area contributed by atoms with Crippen molar-refractivity contribution in [2.75, 3.05) is 25.3 Å². The normalized spacial score (nSPS) is 10.2. The van der Waals surface area contributed by atoms with Gasteiger partial charge in [0, 0.05) is 6.20 Å². The number of thioether (sulfide) groups is 1. The van der Waals surface area contributed by atoms with Crippen molar-refractivity contribution in [3.8, 4) is 5.75 Å². The summed E-state index contributed by atoms with van der Waals surface area (Å²) in [5, 5.41) is 13.6. The van der Waals surface area contributed by atoms with Crippen LogP contribution in [0.3, 0.4) is 0 Å². The number of hydrogen-bond donors (Lipinski definition) is 2. The fourth-order valence-electron chi connectivity index (χ4n) is 1.96. The molecule has 0 aliphatic heterocycles. The Morgan fingerprint density at radius 2 is 2.04 bits per heavy atom. The van der Waals surface area contributed by atoms with Gasteiger partial charge in [-0.2, -0.15) is 0 Å². The molecule has 1 aromatic carbocycles. The second kappa shape index (κ2) is 8.34. The van der Waals surface area contributed by atoms with E-state index in [1.165, 1.54) is 37.2 Å². The Bertz CT molecular complexity index is 797. The largest absolute Gasteiger partial charge is 0.505 e. The molecule has 0 saturated heterocycles. The summed E-state index contributed by atoms with van der Waals surface area (Å²) in [5.74, 6) is -1.43. The van der Waals surface area contributed by atoms with Crippen LogP contribution in [-0.2, 0) is 9.47 Å². The zero-order chi connectivity index (χ0) is 18.4. The number of esters is 2. The highest BCUT2D eigenvalue weighted by Crippen LogP contribution is 2.31. The summed E-state index contributed by atoms with van der Waals surface area (Å²) in [5.41, 5.74) is 0.297. The number of nitrogens with zero attached hydrogens (tertiary/aromatic N) is 2. The number of phenols is 1. The number of ether oxygens (including phenoxy) is 2. The molecule has 2 aromatic rings. The van der Waals surface area contributed by atoms with Crippen LogP contribution in [-0.4, -0.2) is 47.0 Å². The molecule has 2 N–H and O–H groups in total. The van der Waals surface area contributed by atoms with E-state index in [0.717, 1.165) is 0 Å². The number of hydrogen-bond acceptors (Lipinski definition) is 9. The Hall–Kier alpha value is -2.81. The Balaban J connectivity index is 2.45. The van der Waals surface area contributed by atoms with E-state index >= 15 is 0 Å². The van der Waals surface area contributed by atoms with E-state index in [4.69, 9.17) is 4.74 Å². The van der Waals surface area contributed by atoms with Gasteiger partial charge in [-0.1, -0.05) is 17.8 Å². The maximum absolute atomic E-state index is 12.1. The summed E-state index contributed by atoms with van der Waals surface area (Å²) in [6.07, 6.45) is 3.14. The quantitative estimate of drug-likeness (QED) is 0.346. The molecule has 132 valence electrons. The SMILES string of the molecule is CCOC(=O)c1cnc(SC)nc1Nc1cccc(C(=O)OC)c1O. The van der Waals surface area contributed by atoms with Gasteiger partial charge in [-0.25, -0.2) is 19.6 Å². The van der Waals surface area contributed by atoms with Crippen LogP contribution < -0.4 is 5.32 Å². The van der Waals surface area contributed by atoms with Crippen molar-refractivity contribution >= 4 is 35.2 Å². The van der Waals surface area contributed by atoms with Crippen molar-refractivity contribution in [2.24, 2.45) is 0 Å². The van der Waals surface area contributed by atoms with Crippen molar-refractivity contribution < 1.29 is 24.2 Å². The fraction of sp³-hybridized carbons (Fsp3) is 0.250. The van der Waals surface area contributed by atoms with Crippen LogP contribution in [0.1, 0.15) is 27.6 Å². The van der Waals surface area contributed by atoms with Crippen molar-refractivity contribution in [3.05, 3.63) is 35.5 Å². The lowest BCUT2D eigenvalue weighted by Crippen LogP contribution is -2.11. The first-order valence-electron chi connectivity index (χ1n) is 7.27. The number of carbonyl (C=O) groups is 2. The third kappa shape index (κ3) is 4.18. The average Bonchev–Trinajstić information content (AvgIpc) is 2.62. The van der Waals surface area contributed by atoms with E-state index in [2.05, 4.69) is 20.0 Å². The van der Waals surface area contributed by atoms with Crippen molar-refractivity contribution in [1.82, 2.24) is 9.97 Å². The zero-order valence-electron chi connectivity index (χ0n) is 13.9. The highest BCUT2D eigenvalue weighted by Gasteiger charge is 2.19. The number of benzene rings is 1. The Labute approximate surface area is 148 Å². The van der Waals surface area contributed by atoms with E-state index in [1.54, 1.807) is 19.2 Å². The van der Waals surface area contributed by atoms with E-state index in [9.17, 15) is 14.7 Å². The van der Waals surface area contributed by atoms with Crippen LogP contribution in [0, 0.1) is 0 Å². The van der Waals surface area contributed by atoms with Gasteiger partial charge in [0.25, 0.3) is 0 Å². The number of rotatable bonds is 6. The predicted molar refractivity (Wildman–Crippen MR) is 92.5 cm³/mol. The summed E-state index contributed by atoms with van der Waals surface area (Å²) >= 11 is 1.29. The molecule has 1 heterocycles. The van der Waals surface area contributed by atoms with E-state index in [-0.39, 0.29) is 35.0 Å². The summed E-state index contributed by atoms with van der Waals surface area (Å²) in [6.45, 7) is 1.89. The lowest BCUT2D eigenvalue weighted by molar-refractivity contribution is 0.0525. The van der Waals surface area contributed by atoms with E-state index < -0.39 is 11.9 Å². The maximum atomic E-state index is 12.1. The van der Waals surface area contributed by atoms with Gasteiger partial charge in [-0.3, -0.25) is 0 Å². The summed E-state index contributed by atoms with van der Waals surface area (Å²) in [4.78, 5) is 32.1. The average molecular weight is 363 g/mol. The lowest BCUT2D eigenvalue weighted by atomic mass is 10.1. The highest BCUT2D eigenvalue weighted by atomic mass is 32.2. The molecule has 1 aromatic heterocycles. The molecule has 0 radical (unpaired) electrons. The Kier molecular flexibility index (Phi) is 6.18. The molecule has 0 bridgehead atoms. The third-order valence-corrected chi connectivity index (χ3v) is 3.70. The van der Waals surface area contributed by atoms with Gasteiger partial charge in [0.1, 0.15) is 16.9 Å². The minimum Gasteiger partial charge on any atom is -0.505 e. The second-order valence-corrected chi connectivity index (χ2v) is 5.43. The summed E-state index contributed by atoms with van der Waals surface area (Å²) < 4.78 is 9.61. The molecule has 0 spiro atoms. The smallest absolute Gasteiger partial charge is 0.343 e. The molecule has 0 fully saturated rings. The van der Waals surface area contributed by atoms with Crippen molar-refractivity contribution in [3.63, 3.8) is 0 Å². The molecule has 0 aliphatic carbocycles. The monoisotopic (exact) mass is 363 g/mol. The molecule has 0 saturated carbocycles. The first-order chi connectivity index (χ1) is 12.0. The van der Waals surface area contributed by atoms with Crippen LogP contribution in [0.25, 0.3) is 0 Å². The lowest BCUT2D eigenvalue weighted by Gasteiger charge is -2.13. The highest BCUT2D eigenvalue weighted by molar-refractivity contribution is 7.98. The van der Waals surface area contributed by atoms with Crippen molar-refractivity contribution in [1.29, 1.82) is 0 Å². The molecule has 0 unspecified atom stereocenters. The number of aromatic nitrogens is 2. The minimum absolute atomic E-state index is 0.00988. The fourth-order valence-corrected chi connectivity index (χ4v) is 2.30. The van der Waals surface area contributed by atoms with Gasteiger partial charge in [-0.05, 0) is 25.3 Å². The van der Waals surface area contributed by atoms with Crippen LogP contribution in [0.4, 0.5) is 11.5 Å². The number of aromatic hydroxyl groups is 1. The molecular formula is C16H17N3O5S. The summed E-state index contributed by atoms with van der Waals surface area (Å²) in [7, 11) is 1.22. The standard InChI is InChI=1S/C16H17N3O5S/c1-4-24-15(22)10-8-17-16(25-3)19-13(10)18-11-7-5-6-9(12(11)20)14(21)23-2/h5-8,20H,4H2,1-3H3,(H,17,18,19). The van der Waals surface area contributed by atoms with Crippen LogP contribution in [0.15, 0.2) is 29.6 Å². The number of carbonyl (C=O) groups excluding carboxylic acids is 2. The number of nitrogens with one attached hydrogen (secondary N) is 1. The molecule has 9 heteroatoms. The van der Waals surface area contributed by atoms with Gasteiger partial charge in [0.15, 0.2) is 10.9 Å². The zero-order valence-corrected chi connectivity index (χ0v) is 14.7. The van der Waals surface area contributed by atoms with Crippen LogP contribution in [0.2, 0.25) is 0 Å². The molecule has 0 aliphatic rings.